The van der Waals surface area contributed by atoms with E-state index in [1.54, 1.807) is 4.68 Å². The van der Waals surface area contributed by atoms with Gasteiger partial charge < -0.3 is 9.88 Å². The average molecular weight is 369 g/mol. The highest BCUT2D eigenvalue weighted by atomic mass is 32.2. The highest BCUT2D eigenvalue weighted by Gasteiger charge is 2.18. The number of thioether (sulfide) groups is 1. The molecule has 8 heteroatoms. The lowest BCUT2D eigenvalue weighted by Crippen LogP contribution is -2.36. The Morgan fingerprint density at radius 1 is 1.15 bits per heavy atom. The lowest BCUT2D eigenvalue weighted by Gasteiger charge is -2.26. The van der Waals surface area contributed by atoms with E-state index in [2.05, 4.69) is 15.1 Å². The molecule has 134 valence electrons. The van der Waals surface area contributed by atoms with Crippen molar-refractivity contribution in [3.63, 3.8) is 0 Å². The van der Waals surface area contributed by atoms with Gasteiger partial charge >= 0.3 is 0 Å². The Bertz CT molecular complexity index is 976. The van der Waals surface area contributed by atoms with Crippen LogP contribution in [0, 0.1) is 0 Å². The summed E-state index contributed by atoms with van der Waals surface area (Å²) in [5.74, 6) is 0.363. The second kappa shape index (κ2) is 7.33. The van der Waals surface area contributed by atoms with E-state index in [9.17, 15) is 9.59 Å². The molecule has 0 atom stereocenters. The molecule has 0 spiro atoms. The summed E-state index contributed by atoms with van der Waals surface area (Å²) in [5, 5.41) is 5.15. The van der Waals surface area contributed by atoms with Crippen LogP contribution in [0.4, 0.5) is 0 Å². The van der Waals surface area contributed by atoms with Crippen molar-refractivity contribution < 1.29 is 4.79 Å². The minimum atomic E-state index is -0.245. The first-order valence-corrected chi connectivity index (χ1v) is 9.65. The van der Waals surface area contributed by atoms with Gasteiger partial charge in [-0.15, -0.1) is 0 Å². The van der Waals surface area contributed by atoms with Crippen molar-refractivity contribution in [2.75, 3.05) is 18.8 Å². The molecule has 0 bridgehead atoms. The standard InChI is InChI=1S/C18H19N5O2S/c24-15(22-9-5-2-6-10-22)12-26-18-20-16-14(17(25)21-18)11-19-23(16)13-7-3-1-4-8-13/h1,3-4,7-8,11H,2,5-6,9-10,12H2,(H,20,21,25). The van der Waals surface area contributed by atoms with Crippen molar-refractivity contribution in [2.24, 2.45) is 0 Å². The Morgan fingerprint density at radius 3 is 2.69 bits per heavy atom. The van der Waals surface area contributed by atoms with Gasteiger partial charge in [-0.1, -0.05) is 30.0 Å². The number of carbonyl (C=O) groups is 1. The van der Waals surface area contributed by atoms with Gasteiger partial charge in [-0.25, -0.2) is 9.67 Å². The van der Waals surface area contributed by atoms with Crippen LogP contribution in [-0.2, 0) is 4.79 Å². The molecule has 0 saturated carbocycles. The Labute approximate surface area is 154 Å². The lowest BCUT2D eigenvalue weighted by atomic mass is 10.1. The highest BCUT2D eigenvalue weighted by molar-refractivity contribution is 7.99. The molecule has 1 fully saturated rings. The zero-order valence-electron chi connectivity index (χ0n) is 14.2. The third-order valence-corrected chi connectivity index (χ3v) is 5.32. The number of benzene rings is 1. The number of aromatic nitrogens is 4. The second-order valence-electron chi connectivity index (χ2n) is 6.23. The number of carbonyl (C=O) groups excluding carboxylic acids is 1. The lowest BCUT2D eigenvalue weighted by molar-refractivity contribution is -0.129. The van der Waals surface area contributed by atoms with Gasteiger partial charge in [0.2, 0.25) is 5.91 Å². The summed E-state index contributed by atoms with van der Waals surface area (Å²) in [6.45, 7) is 1.65. The van der Waals surface area contributed by atoms with E-state index in [1.807, 2.05) is 35.2 Å². The second-order valence-corrected chi connectivity index (χ2v) is 7.19. The van der Waals surface area contributed by atoms with Gasteiger partial charge in [0.1, 0.15) is 5.39 Å². The number of piperidine rings is 1. The summed E-state index contributed by atoms with van der Waals surface area (Å²) in [4.78, 5) is 33.8. The van der Waals surface area contributed by atoms with Crippen LogP contribution in [0.25, 0.3) is 16.7 Å². The van der Waals surface area contributed by atoms with Gasteiger partial charge in [0.05, 0.1) is 17.6 Å². The molecule has 1 N–H and O–H groups in total. The van der Waals surface area contributed by atoms with E-state index in [1.165, 1.54) is 24.4 Å². The molecular formula is C18H19N5O2S. The van der Waals surface area contributed by atoms with E-state index >= 15 is 0 Å². The monoisotopic (exact) mass is 369 g/mol. The minimum Gasteiger partial charge on any atom is -0.342 e. The van der Waals surface area contributed by atoms with E-state index in [0.717, 1.165) is 31.6 Å². The van der Waals surface area contributed by atoms with Crippen LogP contribution < -0.4 is 5.56 Å². The smallest absolute Gasteiger partial charge is 0.262 e. The topological polar surface area (TPSA) is 83.9 Å². The first kappa shape index (κ1) is 16.8. The Balaban J connectivity index is 1.58. The fourth-order valence-electron chi connectivity index (χ4n) is 3.09. The average Bonchev–Trinajstić information content (AvgIpc) is 3.12. The van der Waals surface area contributed by atoms with Crippen LogP contribution in [0.15, 0.2) is 46.5 Å². The van der Waals surface area contributed by atoms with Crippen LogP contribution in [0.5, 0.6) is 0 Å². The van der Waals surface area contributed by atoms with Crippen LogP contribution in [-0.4, -0.2) is 49.4 Å². The quantitative estimate of drug-likeness (QED) is 0.563. The number of para-hydroxylation sites is 1. The predicted molar refractivity (Wildman–Crippen MR) is 101 cm³/mol. The summed E-state index contributed by atoms with van der Waals surface area (Å²) in [6, 6.07) is 9.54. The first-order valence-electron chi connectivity index (χ1n) is 8.66. The molecule has 0 unspecified atom stereocenters. The zero-order chi connectivity index (χ0) is 17.9. The first-order chi connectivity index (χ1) is 12.7. The maximum atomic E-state index is 12.3. The van der Waals surface area contributed by atoms with Crippen LogP contribution >= 0.6 is 11.8 Å². The summed E-state index contributed by atoms with van der Waals surface area (Å²) >= 11 is 1.26. The minimum absolute atomic E-state index is 0.0917. The molecule has 2 aromatic heterocycles. The molecule has 1 aliphatic rings. The van der Waals surface area contributed by atoms with Crippen LogP contribution in [0.1, 0.15) is 19.3 Å². The fourth-order valence-corrected chi connectivity index (χ4v) is 3.85. The third kappa shape index (κ3) is 3.37. The van der Waals surface area contributed by atoms with Crippen molar-refractivity contribution in [3.8, 4) is 5.69 Å². The number of likely N-dealkylation sites (tertiary alicyclic amines) is 1. The van der Waals surface area contributed by atoms with Crippen LogP contribution in [0.2, 0.25) is 0 Å². The van der Waals surface area contributed by atoms with Gasteiger partial charge in [-0.3, -0.25) is 9.59 Å². The number of hydrogen-bond donors (Lipinski definition) is 1. The molecule has 0 radical (unpaired) electrons. The number of hydrogen-bond acceptors (Lipinski definition) is 5. The van der Waals surface area contributed by atoms with E-state index < -0.39 is 0 Å². The van der Waals surface area contributed by atoms with E-state index in [-0.39, 0.29) is 17.2 Å². The Kier molecular flexibility index (Phi) is 4.75. The SMILES string of the molecule is O=C(CSc1nc2c(cnn2-c2ccccc2)c(=O)[nH]1)N1CCCCC1. The molecule has 0 aliphatic carbocycles. The number of nitrogens with zero attached hydrogens (tertiary/aromatic N) is 4. The van der Waals surface area contributed by atoms with Crippen molar-refractivity contribution in [2.45, 2.75) is 24.4 Å². The van der Waals surface area contributed by atoms with Crippen molar-refractivity contribution >= 4 is 28.7 Å². The number of rotatable bonds is 4. The molecule has 7 nitrogen and oxygen atoms in total. The largest absolute Gasteiger partial charge is 0.342 e. The third-order valence-electron chi connectivity index (χ3n) is 4.46. The highest BCUT2D eigenvalue weighted by Crippen LogP contribution is 2.19. The van der Waals surface area contributed by atoms with Crippen molar-refractivity contribution in [3.05, 3.63) is 46.9 Å². The van der Waals surface area contributed by atoms with E-state index in [0.29, 0.717) is 16.2 Å². The fraction of sp³-hybridized carbons (Fsp3) is 0.333. The van der Waals surface area contributed by atoms with Crippen LogP contribution in [0.3, 0.4) is 0 Å². The summed E-state index contributed by atoms with van der Waals surface area (Å²) in [5.41, 5.74) is 1.08. The zero-order valence-corrected chi connectivity index (χ0v) is 15.0. The normalized spacial score (nSPS) is 14.7. The van der Waals surface area contributed by atoms with Gasteiger partial charge in [0, 0.05) is 13.1 Å². The summed E-state index contributed by atoms with van der Waals surface area (Å²) in [7, 11) is 0. The maximum absolute atomic E-state index is 12.3. The predicted octanol–water partition coefficient (Wildman–Crippen LogP) is 2.21. The van der Waals surface area contributed by atoms with E-state index in [4.69, 9.17) is 0 Å². The number of amides is 1. The molecule has 26 heavy (non-hydrogen) atoms. The Hall–Kier alpha value is -2.61. The number of H-pyrrole nitrogens is 1. The molecular weight excluding hydrogens is 350 g/mol. The molecule has 1 aliphatic heterocycles. The molecule has 4 rings (SSSR count). The Morgan fingerprint density at radius 2 is 1.92 bits per heavy atom. The van der Waals surface area contributed by atoms with Gasteiger partial charge in [0.15, 0.2) is 10.8 Å². The van der Waals surface area contributed by atoms with Crippen molar-refractivity contribution in [1.29, 1.82) is 0 Å². The molecule has 1 saturated heterocycles. The number of nitrogens with one attached hydrogen (secondary N) is 1. The maximum Gasteiger partial charge on any atom is 0.262 e. The summed E-state index contributed by atoms with van der Waals surface area (Å²) in [6.07, 6.45) is 4.83. The number of aromatic amines is 1. The van der Waals surface area contributed by atoms with Gasteiger partial charge in [-0.05, 0) is 31.4 Å². The molecule has 1 amide bonds. The van der Waals surface area contributed by atoms with Gasteiger partial charge in [0.25, 0.3) is 5.56 Å². The molecule has 3 aromatic rings. The molecule has 1 aromatic carbocycles. The molecule has 3 heterocycles. The summed E-state index contributed by atoms with van der Waals surface area (Å²) < 4.78 is 1.64. The van der Waals surface area contributed by atoms with Gasteiger partial charge in [-0.2, -0.15) is 5.10 Å². The number of fused-ring (bicyclic) bond motifs is 1. The van der Waals surface area contributed by atoms with Crippen molar-refractivity contribution in [1.82, 2.24) is 24.6 Å².